The molecule has 1 rings (SSSR count). The highest BCUT2D eigenvalue weighted by molar-refractivity contribution is 8.00. The predicted octanol–water partition coefficient (Wildman–Crippen LogP) is 1.23. The Hall–Kier alpha value is -1.63. The van der Waals surface area contributed by atoms with Crippen molar-refractivity contribution in [3.63, 3.8) is 0 Å². The van der Waals surface area contributed by atoms with Crippen LogP contribution in [0.1, 0.15) is 27.2 Å². The van der Waals surface area contributed by atoms with Gasteiger partial charge < -0.3 is 10.6 Å². The van der Waals surface area contributed by atoms with Crippen LogP contribution in [0.5, 0.6) is 0 Å². The molecule has 6 nitrogen and oxygen atoms in total. The Kier molecular flexibility index (Phi) is 7.14. The monoisotopic (exact) mass is 310 g/mol. The van der Waals surface area contributed by atoms with Crippen LogP contribution in [-0.4, -0.2) is 40.1 Å². The summed E-state index contributed by atoms with van der Waals surface area (Å²) in [6, 6.07) is 1.21. The fourth-order valence-electron chi connectivity index (χ4n) is 1.72. The molecule has 0 aliphatic heterocycles. The van der Waals surface area contributed by atoms with E-state index < -0.39 is 6.04 Å². The molecule has 0 aliphatic rings. The first-order valence-electron chi connectivity index (χ1n) is 6.89. The third-order valence-electron chi connectivity index (χ3n) is 2.78. The van der Waals surface area contributed by atoms with E-state index in [1.54, 1.807) is 32.4 Å². The summed E-state index contributed by atoms with van der Waals surface area (Å²) in [6.07, 6.45) is 3.86. The number of nitrogens with one attached hydrogen (secondary N) is 2. The average molecular weight is 310 g/mol. The minimum atomic E-state index is -0.512. The Morgan fingerprint density at radius 1 is 1.19 bits per heavy atom. The zero-order valence-electron chi connectivity index (χ0n) is 12.8. The largest absolute Gasteiger partial charge is 0.357 e. The van der Waals surface area contributed by atoms with Gasteiger partial charge in [-0.25, -0.2) is 9.97 Å². The molecule has 2 atom stereocenters. The summed E-state index contributed by atoms with van der Waals surface area (Å²) in [5, 5.41) is 5.54. The highest BCUT2D eigenvalue weighted by atomic mass is 32.2. The van der Waals surface area contributed by atoms with Crippen LogP contribution in [0.4, 0.5) is 0 Å². The zero-order valence-corrected chi connectivity index (χ0v) is 13.6. The van der Waals surface area contributed by atoms with E-state index in [4.69, 9.17) is 0 Å². The van der Waals surface area contributed by atoms with Crippen molar-refractivity contribution in [3.05, 3.63) is 18.5 Å². The van der Waals surface area contributed by atoms with Gasteiger partial charge in [-0.2, -0.15) is 0 Å². The SMILES string of the molecule is CNC(=O)[C@@H](CC(C)C)NC(=O)[C@H](C)Sc1ncccn1. The highest BCUT2D eigenvalue weighted by Crippen LogP contribution is 2.18. The number of thioether (sulfide) groups is 1. The molecular weight excluding hydrogens is 288 g/mol. The summed E-state index contributed by atoms with van der Waals surface area (Å²) in [4.78, 5) is 32.1. The third-order valence-corrected chi connectivity index (χ3v) is 3.77. The molecule has 1 heterocycles. The van der Waals surface area contributed by atoms with Gasteiger partial charge in [0, 0.05) is 19.4 Å². The molecule has 1 aromatic heterocycles. The molecule has 0 aliphatic carbocycles. The van der Waals surface area contributed by atoms with Gasteiger partial charge in [0.25, 0.3) is 0 Å². The number of amides is 2. The summed E-state index contributed by atoms with van der Waals surface area (Å²) in [5.74, 6) is -0.0556. The van der Waals surface area contributed by atoms with Gasteiger partial charge in [-0.05, 0) is 25.3 Å². The van der Waals surface area contributed by atoms with E-state index in [2.05, 4.69) is 20.6 Å². The third kappa shape index (κ3) is 6.12. The van der Waals surface area contributed by atoms with E-state index in [1.165, 1.54) is 11.8 Å². The first-order valence-corrected chi connectivity index (χ1v) is 7.77. The molecule has 0 saturated heterocycles. The molecule has 1 aromatic rings. The molecular formula is C14H22N4O2S. The van der Waals surface area contributed by atoms with Gasteiger partial charge >= 0.3 is 0 Å². The summed E-state index contributed by atoms with van der Waals surface area (Å²) in [6.45, 7) is 5.79. The van der Waals surface area contributed by atoms with Crippen LogP contribution >= 0.6 is 11.8 Å². The summed E-state index contributed by atoms with van der Waals surface area (Å²) < 4.78 is 0. The number of aromatic nitrogens is 2. The number of carbonyl (C=O) groups excluding carboxylic acids is 2. The molecule has 0 saturated carbocycles. The van der Waals surface area contributed by atoms with Gasteiger partial charge in [-0.3, -0.25) is 9.59 Å². The lowest BCUT2D eigenvalue weighted by molar-refractivity contribution is -0.128. The van der Waals surface area contributed by atoms with Crippen molar-refractivity contribution in [3.8, 4) is 0 Å². The molecule has 0 bridgehead atoms. The van der Waals surface area contributed by atoms with Crippen molar-refractivity contribution in [1.29, 1.82) is 0 Å². The van der Waals surface area contributed by atoms with E-state index in [0.717, 1.165) is 0 Å². The van der Waals surface area contributed by atoms with Gasteiger partial charge in [0.05, 0.1) is 5.25 Å². The van der Waals surface area contributed by atoms with Crippen LogP contribution in [0, 0.1) is 5.92 Å². The minimum Gasteiger partial charge on any atom is -0.357 e. The highest BCUT2D eigenvalue weighted by Gasteiger charge is 2.24. The maximum absolute atomic E-state index is 12.2. The number of likely N-dealkylation sites (N-methyl/N-ethyl adjacent to an activating group) is 1. The first kappa shape index (κ1) is 17.4. The van der Waals surface area contributed by atoms with Crippen molar-refractivity contribution in [2.75, 3.05) is 7.05 Å². The molecule has 0 radical (unpaired) electrons. The van der Waals surface area contributed by atoms with Gasteiger partial charge in [0.1, 0.15) is 6.04 Å². The fraction of sp³-hybridized carbons (Fsp3) is 0.571. The van der Waals surface area contributed by atoms with E-state index in [-0.39, 0.29) is 17.1 Å². The van der Waals surface area contributed by atoms with Gasteiger partial charge in [-0.15, -0.1) is 0 Å². The Labute approximate surface area is 129 Å². The lowest BCUT2D eigenvalue weighted by Gasteiger charge is -2.20. The van der Waals surface area contributed by atoms with Crippen LogP contribution in [0.15, 0.2) is 23.6 Å². The Morgan fingerprint density at radius 2 is 1.81 bits per heavy atom. The van der Waals surface area contributed by atoms with E-state index in [9.17, 15) is 9.59 Å². The molecule has 0 spiro atoms. The average Bonchev–Trinajstić information content (AvgIpc) is 2.46. The van der Waals surface area contributed by atoms with Crippen molar-refractivity contribution >= 4 is 23.6 Å². The minimum absolute atomic E-state index is 0.176. The van der Waals surface area contributed by atoms with E-state index in [0.29, 0.717) is 17.5 Å². The number of rotatable bonds is 7. The Balaban J connectivity index is 2.61. The quantitative estimate of drug-likeness (QED) is 0.584. The molecule has 0 fully saturated rings. The summed E-state index contributed by atoms with van der Waals surface area (Å²) in [7, 11) is 1.57. The standard InChI is InChI=1S/C14H22N4O2S/c1-9(2)8-11(13(20)15-4)18-12(19)10(3)21-14-16-6-5-7-17-14/h5-7,9-11H,8H2,1-4H3,(H,15,20)(H,18,19)/t10-,11+/m0/s1. The van der Waals surface area contributed by atoms with Crippen LogP contribution < -0.4 is 10.6 Å². The van der Waals surface area contributed by atoms with Gasteiger partial charge in [0.15, 0.2) is 5.16 Å². The van der Waals surface area contributed by atoms with E-state index >= 15 is 0 Å². The molecule has 21 heavy (non-hydrogen) atoms. The van der Waals surface area contributed by atoms with E-state index in [1.807, 2.05) is 13.8 Å². The second-order valence-corrected chi connectivity index (χ2v) is 6.40. The molecule has 7 heteroatoms. The molecule has 2 N–H and O–H groups in total. The molecule has 0 aromatic carbocycles. The van der Waals surface area contributed by atoms with Crippen LogP contribution in [-0.2, 0) is 9.59 Å². The molecule has 2 amide bonds. The summed E-state index contributed by atoms with van der Waals surface area (Å²) in [5.41, 5.74) is 0. The normalized spacial score (nSPS) is 13.6. The lowest BCUT2D eigenvalue weighted by atomic mass is 10.0. The molecule has 116 valence electrons. The number of hydrogen-bond acceptors (Lipinski definition) is 5. The second-order valence-electron chi connectivity index (χ2n) is 5.10. The van der Waals surface area contributed by atoms with Crippen LogP contribution in [0.3, 0.4) is 0 Å². The van der Waals surface area contributed by atoms with Crippen LogP contribution in [0.2, 0.25) is 0 Å². The maximum Gasteiger partial charge on any atom is 0.242 e. The first-order chi connectivity index (χ1) is 9.93. The topological polar surface area (TPSA) is 84.0 Å². The number of carbonyl (C=O) groups is 2. The van der Waals surface area contributed by atoms with Gasteiger partial charge in [0.2, 0.25) is 11.8 Å². The fourth-order valence-corrected chi connectivity index (χ4v) is 2.46. The Bertz CT molecular complexity index is 467. The summed E-state index contributed by atoms with van der Waals surface area (Å²) >= 11 is 1.27. The molecule has 0 unspecified atom stereocenters. The smallest absolute Gasteiger partial charge is 0.242 e. The van der Waals surface area contributed by atoms with Crippen molar-refractivity contribution in [2.45, 2.75) is 43.6 Å². The van der Waals surface area contributed by atoms with Crippen molar-refractivity contribution in [2.24, 2.45) is 5.92 Å². The second kappa shape index (κ2) is 8.61. The maximum atomic E-state index is 12.2. The Morgan fingerprint density at radius 3 is 2.33 bits per heavy atom. The number of nitrogens with zero attached hydrogens (tertiary/aromatic N) is 2. The van der Waals surface area contributed by atoms with Crippen LogP contribution in [0.25, 0.3) is 0 Å². The predicted molar refractivity (Wildman–Crippen MR) is 82.8 cm³/mol. The van der Waals surface area contributed by atoms with Crippen molar-refractivity contribution < 1.29 is 9.59 Å². The number of hydrogen-bond donors (Lipinski definition) is 2. The van der Waals surface area contributed by atoms with Gasteiger partial charge in [-0.1, -0.05) is 25.6 Å². The van der Waals surface area contributed by atoms with Crippen molar-refractivity contribution in [1.82, 2.24) is 20.6 Å². The lowest BCUT2D eigenvalue weighted by Crippen LogP contribution is -2.48. The zero-order chi connectivity index (χ0) is 15.8.